The molecule has 0 aromatic rings. The molecule has 0 aromatic heterocycles. The molecular formula is C14H25N4O-. The summed E-state index contributed by atoms with van der Waals surface area (Å²) in [5.41, 5.74) is 2.00. The van der Waals surface area contributed by atoms with E-state index in [0.717, 1.165) is 24.1 Å². The summed E-state index contributed by atoms with van der Waals surface area (Å²) in [5, 5.41) is 14.1. The molecule has 2 atom stereocenters. The normalized spacial score (nSPS) is 20.3. The van der Waals surface area contributed by atoms with E-state index in [2.05, 4.69) is 28.1 Å². The molecule has 2 N–H and O–H groups in total. The summed E-state index contributed by atoms with van der Waals surface area (Å²) in [4.78, 5) is 11.0. The van der Waals surface area contributed by atoms with Crippen molar-refractivity contribution in [2.45, 2.75) is 52.4 Å². The van der Waals surface area contributed by atoms with Gasteiger partial charge in [0.05, 0.1) is 6.17 Å². The van der Waals surface area contributed by atoms with E-state index in [1.807, 2.05) is 26.1 Å². The van der Waals surface area contributed by atoms with Crippen molar-refractivity contribution in [3.63, 3.8) is 0 Å². The van der Waals surface area contributed by atoms with Crippen LogP contribution in [0.4, 0.5) is 0 Å². The molecule has 0 bridgehead atoms. The van der Waals surface area contributed by atoms with Gasteiger partial charge in [-0.2, -0.15) is 11.5 Å². The third-order valence-corrected chi connectivity index (χ3v) is 3.09. The van der Waals surface area contributed by atoms with E-state index in [0.29, 0.717) is 6.54 Å². The maximum absolute atomic E-state index is 11.0. The molecule has 1 heterocycles. The Morgan fingerprint density at radius 3 is 2.89 bits per heavy atom. The van der Waals surface area contributed by atoms with Crippen LogP contribution in [0.2, 0.25) is 0 Å². The van der Waals surface area contributed by atoms with Crippen molar-refractivity contribution in [1.82, 2.24) is 10.6 Å². The topological polar surface area (TPSA) is 67.6 Å². The van der Waals surface area contributed by atoms with Gasteiger partial charge in [0.1, 0.15) is 0 Å². The molecular weight excluding hydrogens is 240 g/mol. The van der Waals surface area contributed by atoms with Crippen molar-refractivity contribution in [3.05, 3.63) is 33.6 Å². The second-order valence-corrected chi connectivity index (χ2v) is 4.77. The first kappa shape index (κ1) is 15.9. The van der Waals surface area contributed by atoms with E-state index in [4.69, 9.17) is 0 Å². The number of hydrogen-bond acceptors (Lipinski definition) is 4. The molecule has 2 unspecified atom stereocenters. The third-order valence-electron chi connectivity index (χ3n) is 3.09. The molecule has 5 nitrogen and oxygen atoms in total. The van der Waals surface area contributed by atoms with Crippen LogP contribution >= 0.6 is 0 Å². The zero-order chi connectivity index (χ0) is 14.1. The number of nitrogens with zero attached hydrogens (tertiary/aromatic N) is 2. The van der Waals surface area contributed by atoms with Gasteiger partial charge in [-0.05, 0) is 31.0 Å². The SMILES string of the molecule is CCCCCNC1NC=C(C)C=C1C(N=O)[N-]CC. The molecule has 1 rings (SSSR count). The van der Waals surface area contributed by atoms with Crippen LogP contribution in [-0.4, -0.2) is 25.4 Å². The van der Waals surface area contributed by atoms with Crippen molar-refractivity contribution in [2.24, 2.45) is 5.18 Å². The van der Waals surface area contributed by atoms with Crippen LogP contribution in [0.25, 0.3) is 5.32 Å². The summed E-state index contributed by atoms with van der Waals surface area (Å²) in [6.45, 7) is 7.62. The summed E-state index contributed by atoms with van der Waals surface area (Å²) in [5.74, 6) is 0. The first-order valence-electron chi connectivity index (χ1n) is 7.09. The molecule has 0 saturated carbocycles. The van der Waals surface area contributed by atoms with E-state index in [-0.39, 0.29) is 6.17 Å². The monoisotopic (exact) mass is 265 g/mol. The maximum Gasteiger partial charge on any atom is 0.0994 e. The minimum Gasteiger partial charge on any atom is -0.634 e. The molecule has 0 aromatic carbocycles. The summed E-state index contributed by atoms with van der Waals surface area (Å²) in [6.07, 6.45) is 6.86. The Labute approximate surface area is 115 Å². The van der Waals surface area contributed by atoms with Crippen LogP contribution in [0.15, 0.2) is 28.6 Å². The van der Waals surface area contributed by atoms with E-state index >= 15 is 0 Å². The third kappa shape index (κ3) is 5.12. The zero-order valence-corrected chi connectivity index (χ0v) is 12.1. The number of likely N-dealkylation sites (N-methyl/N-ethyl adjacent to an activating group) is 1. The van der Waals surface area contributed by atoms with E-state index in [1.54, 1.807) is 0 Å². The van der Waals surface area contributed by atoms with E-state index in [9.17, 15) is 4.91 Å². The standard InChI is InChI=1S/C14H25N4O/c1-4-6-7-8-16-13-12(9-11(3)10-17-13)14(18-19)15-5-2/h9-10,13-14,16-17H,4-8H2,1-3H3/q-1. The molecule has 1 aliphatic heterocycles. The summed E-state index contributed by atoms with van der Waals surface area (Å²) < 4.78 is 0. The smallest absolute Gasteiger partial charge is 0.0994 e. The molecule has 0 radical (unpaired) electrons. The highest BCUT2D eigenvalue weighted by Gasteiger charge is 2.19. The van der Waals surface area contributed by atoms with Gasteiger partial charge in [0.2, 0.25) is 0 Å². The van der Waals surface area contributed by atoms with Crippen LogP contribution in [0.3, 0.4) is 0 Å². The lowest BCUT2D eigenvalue weighted by atomic mass is 10.0. The largest absolute Gasteiger partial charge is 0.634 e. The molecule has 108 valence electrons. The van der Waals surface area contributed by atoms with Crippen molar-refractivity contribution in [1.29, 1.82) is 0 Å². The Balaban J connectivity index is 2.63. The van der Waals surface area contributed by atoms with Crippen molar-refractivity contribution in [3.8, 4) is 0 Å². The quantitative estimate of drug-likeness (QED) is 0.497. The van der Waals surface area contributed by atoms with Crippen LogP contribution in [0, 0.1) is 4.91 Å². The average Bonchev–Trinajstić information content (AvgIpc) is 2.42. The van der Waals surface area contributed by atoms with Crippen LogP contribution in [-0.2, 0) is 0 Å². The molecule has 5 heteroatoms. The van der Waals surface area contributed by atoms with Gasteiger partial charge in [-0.1, -0.05) is 37.9 Å². The number of hydrogen-bond donors (Lipinski definition) is 2. The first-order valence-corrected chi connectivity index (χ1v) is 7.09. The second-order valence-electron chi connectivity index (χ2n) is 4.77. The van der Waals surface area contributed by atoms with Gasteiger partial charge in [-0.25, -0.2) is 0 Å². The highest BCUT2D eigenvalue weighted by Crippen LogP contribution is 2.21. The number of unbranched alkanes of at least 4 members (excludes halogenated alkanes) is 2. The Kier molecular flexibility index (Phi) is 7.36. The fourth-order valence-corrected chi connectivity index (χ4v) is 2.09. The molecule has 0 fully saturated rings. The number of nitrogens with one attached hydrogen (secondary N) is 2. The highest BCUT2D eigenvalue weighted by molar-refractivity contribution is 5.34. The van der Waals surface area contributed by atoms with E-state index in [1.165, 1.54) is 12.8 Å². The van der Waals surface area contributed by atoms with Gasteiger partial charge >= 0.3 is 0 Å². The Hall–Kier alpha value is -1.20. The van der Waals surface area contributed by atoms with Crippen molar-refractivity contribution < 1.29 is 0 Å². The Bertz CT molecular complexity index is 338. The van der Waals surface area contributed by atoms with Crippen molar-refractivity contribution in [2.75, 3.05) is 13.1 Å². The van der Waals surface area contributed by atoms with Crippen LogP contribution < -0.4 is 10.6 Å². The summed E-state index contributed by atoms with van der Waals surface area (Å²) in [7, 11) is 0. The minimum atomic E-state index is -0.593. The van der Waals surface area contributed by atoms with Crippen LogP contribution in [0.1, 0.15) is 40.0 Å². The lowest BCUT2D eigenvalue weighted by Gasteiger charge is -2.34. The van der Waals surface area contributed by atoms with Gasteiger partial charge in [0, 0.05) is 12.4 Å². The molecule has 0 amide bonds. The van der Waals surface area contributed by atoms with Gasteiger partial charge in [0.25, 0.3) is 0 Å². The number of allylic oxidation sites excluding steroid dienone is 2. The molecule has 1 aliphatic rings. The Morgan fingerprint density at radius 1 is 1.47 bits per heavy atom. The minimum absolute atomic E-state index is 0.0430. The highest BCUT2D eigenvalue weighted by atomic mass is 16.3. The van der Waals surface area contributed by atoms with Crippen molar-refractivity contribution >= 4 is 0 Å². The Morgan fingerprint density at radius 2 is 2.26 bits per heavy atom. The second kappa shape index (κ2) is 8.82. The molecule has 19 heavy (non-hydrogen) atoms. The van der Waals surface area contributed by atoms with Gasteiger partial charge in [-0.15, -0.1) is 0 Å². The lowest BCUT2D eigenvalue weighted by molar-refractivity contribution is 0.486. The summed E-state index contributed by atoms with van der Waals surface area (Å²) in [6, 6.07) is 0. The molecule has 0 spiro atoms. The fourth-order valence-electron chi connectivity index (χ4n) is 2.09. The summed E-state index contributed by atoms with van der Waals surface area (Å²) >= 11 is 0. The first-order chi connectivity index (χ1) is 9.22. The van der Waals surface area contributed by atoms with Gasteiger partial charge < -0.3 is 10.6 Å². The lowest BCUT2D eigenvalue weighted by Crippen LogP contribution is -2.45. The molecule has 0 saturated heterocycles. The number of dihydropyridines is 1. The zero-order valence-electron chi connectivity index (χ0n) is 12.1. The van der Waals surface area contributed by atoms with E-state index < -0.39 is 6.17 Å². The maximum atomic E-state index is 11.0. The predicted octanol–water partition coefficient (Wildman–Crippen LogP) is 3.01. The fraction of sp³-hybridized carbons (Fsp3) is 0.714. The number of rotatable bonds is 9. The average molecular weight is 265 g/mol. The van der Waals surface area contributed by atoms with Crippen LogP contribution in [0.5, 0.6) is 0 Å². The van der Waals surface area contributed by atoms with Gasteiger partial charge in [-0.3, -0.25) is 5.32 Å². The van der Waals surface area contributed by atoms with Gasteiger partial charge in [0.15, 0.2) is 0 Å². The number of nitroso groups, excluding NO2 is 1. The molecule has 0 aliphatic carbocycles. The predicted molar refractivity (Wildman–Crippen MR) is 79.8 cm³/mol.